The molecule has 0 aromatic heterocycles. The lowest BCUT2D eigenvalue weighted by Crippen LogP contribution is -2.41. The van der Waals surface area contributed by atoms with Crippen molar-refractivity contribution in [3.8, 4) is 0 Å². The maximum atomic E-state index is 11.5. The number of nitrogens with two attached hydrogens (primary N) is 1. The lowest BCUT2D eigenvalue weighted by Gasteiger charge is -2.20. The summed E-state index contributed by atoms with van der Waals surface area (Å²) in [4.78, 5) is 11.5. The highest BCUT2D eigenvalue weighted by Crippen LogP contribution is 2.16. The highest BCUT2D eigenvalue weighted by molar-refractivity contribution is 7.89. The zero-order valence-electron chi connectivity index (χ0n) is 14.7. The summed E-state index contributed by atoms with van der Waals surface area (Å²) in [6, 6.07) is 5.21. The highest BCUT2D eigenvalue weighted by Gasteiger charge is 2.14. The molecule has 1 amide bonds. The molecule has 0 fully saturated rings. The van der Waals surface area contributed by atoms with E-state index in [4.69, 9.17) is 10.5 Å². The monoisotopic (exact) mass is 357 g/mol. The third-order valence-corrected chi connectivity index (χ3v) is 3.79. The molecular formula is C16H27N3O4S. The first kappa shape index (κ1) is 20.2. The summed E-state index contributed by atoms with van der Waals surface area (Å²) in [7, 11) is -3.14. The van der Waals surface area contributed by atoms with Crippen LogP contribution in [0.1, 0.15) is 31.9 Å². The zero-order valence-corrected chi connectivity index (χ0v) is 15.5. The van der Waals surface area contributed by atoms with Crippen LogP contribution in [0.4, 0.5) is 10.5 Å². The van der Waals surface area contributed by atoms with Crippen LogP contribution in [0.25, 0.3) is 0 Å². The summed E-state index contributed by atoms with van der Waals surface area (Å²) in [5.74, 6) is -0.0560. The number of nitrogens with one attached hydrogen (secondary N) is 2. The number of carbonyl (C=O) groups excluding carboxylic acids is 1. The van der Waals surface area contributed by atoms with Gasteiger partial charge in [0.2, 0.25) is 0 Å². The second-order valence-corrected chi connectivity index (χ2v) is 8.93. The van der Waals surface area contributed by atoms with Crippen molar-refractivity contribution < 1.29 is 17.9 Å². The molecule has 1 aromatic rings. The molecule has 1 aromatic carbocycles. The summed E-state index contributed by atoms with van der Waals surface area (Å²) in [6.45, 7) is 6.76. The van der Waals surface area contributed by atoms with Gasteiger partial charge in [0.15, 0.2) is 9.84 Å². The predicted octanol–water partition coefficient (Wildman–Crippen LogP) is 1.43. The Hall–Kier alpha value is -1.80. The van der Waals surface area contributed by atoms with E-state index >= 15 is 0 Å². The first-order valence-electron chi connectivity index (χ1n) is 7.67. The fourth-order valence-corrected chi connectivity index (χ4v) is 2.85. The molecule has 0 radical (unpaired) electrons. The van der Waals surface area contributed by atoms with Gasteiger partial charge in [-0.25, -0.2) is 13.2 Å². The van der Waals surface area contributed by atoms with E-state index in [0.717, 1.165) is 5.56 Å². The largest absolute Gasteiger partial charge is 0.448 e. The van der Waals surface area contributed by atoms with E-state index in [1.807, 2.05) is 20.8 Å². The third-order valence-electron chi connectivity index (χ3n) is 2.95. The quantitative estimate of drug-likeness (QED) is 0.503. The van der Waals surface area contributed by atoms with Gasteiger partial charge >= 0.3 is 6.09 Å². The minimum absolute atomic E-state index is 0.0560. The summed E-state index contributed by atoms with van der Waals surface area (Å²) in [5.41, 5.74) is 7.45. The maximum Gasteiger partial charge on any atom is 0.407 e. The van der Waals surface area contributed by atoms with Crippen LogP contribution in [-0.2, 0) is 26.9 Å². The van der Waals surface area contributed by atoms with Gasteiger partial charge in [0.25, 0.3) is 0 Å². The molecule has 0 atom stereocenters. The van der Waals surface area contributed by atoms with Crippen molar-refractivity contribution in [3.63, 3.8) is 0 Å². The Balaban J connectivity index is 2.47. The molecular weight excluding hydrogens is 330 g/mol. The standard InChI is InChI=1S/C16H27N3O4S/c1-16(2,3)19-15(20)23-8-7-18-10-12-5-6-14(17)9-13(12)11-24(4,21)22/h5-6,9,18H,7-8,10-11,17H2,1-4H3,(H,19,20). The van der Waals surface area contributed by atoms with Crippen molar-refractivity contribution in [2.75, 3.05) is 25.1 Å². The van der Waals surface area contributed by atoms with Gasteiger partial charge in [0.1, 0.15) is 6.61 Å². The molecule has 0 aliphatic heterocycles. The van der Waals surface area contributed by atoms with E-state index in [2.05, 4.69) is 10.6 Å². The van der Waals surface area contributed by atoms with Crippen LogP contribution in [0.15, 0.2) is 18.2 Å². The average molecular weight is 357 g/mol. The SMILES string of the molecule is CC(C)(C)NC(=O)OCCNCc1ccc(N)cc1CS(C)(=O)=O. The van der Waals surface area contributed by atoms with Gasteiger partial charge in [0, 0.05) is 30.6 Å². The van der Waals surface area contributed by atoms with Gasteiger partial charge in [-0.15, -0.1) is 0 Å². The van der Waals surface area contributed by atoms with Crippen LogP contribution in [0.5, 0.6) is 0 Å². The molecule has 1 rings (SSSR count). The minimum atomic E-state index is -3.14. The van der Waals surface area contributed by atoms with Gasteiger partial charge in [-0.3, -0.25) is 0 Å². The normalized spacial score (nSPS) is 12.0. The second-order valence-electron chi connectivity index (χ2n) is 6.79. The molecule has 0 aliphatic rings. The lowest BCUT2D eigenvalue weighted by atomic mass is 10.1. The fraction of sp³-hybridized carbons (Fsp3) is 0.562. The fourth-order valence-electron chi connectivity index (χ4n) is 2.02. The molecule has 136 valence electrons. The Bertz CT molecular complexity index is 666. The minimum Gasteiger partial charge on any atom is -0.448 e. The van der Waals surface area contributed by atoms with Gasteiger partial charge in [-0.2, -0.15) is 0 Å². The average Bonchev–Trinajstić information content (AvgIpc) is 2.36. The lowest BCUT2D eigenvalue weighted by molar-refractivity contribution is 0.138. The molecule has 0 saturated heterocycles. The van der Waals surface area contributed by atoms with E-state index in [1.54, 1.807) is 18.2 Å². The van der Waals surface area contributed by atoms with E-state index < -0.39 is 15.9 Å². The van der Waals surface area contributed by atoms with Crippen LogP contribution in [0, 0.1) is 0 Å². The molecule has 0 heterocycles. The highest BCUT2D eigenvalue weighted by atomic mass is 32.2. The number of ether oxygens (including phenoxy) is 1. The smallest absolute Gasteiger partial charge is 0.407 e. The van der Waals surface area contributed by atoms with Crippen LogP contribution in [0.2, 0.25) is 0 Å². The molecule has 7 nitrogen and oxygen atoms in total. The number of carbonyl (C=O) groups is 1. The summed E-state index contributed by atoms with van der Waals surface area (Å²) in [5, 5.41) is 5.82. The van der Waals surface area contributed by atoms with Gasteiger partial charge in [-0.1, -0.05) is 6.07 Å². The number of amides is 1. The number of sulfone groups is 1. The third kappa shape index (κ3) is 8.73. The van der Waals surface area contributed by atoms with Crippen molar-refractivity contribution in [1.82, 2.24) is 10.6 Å². The number of nitrogen functional groups attached to an aromatic ring is 1. The van der Waals surface area contributed by atoms with Crippen molar-refractivity contribution in [1.29, 1.82) is 0 Å². The number of anilines is 1. The van der Waals surface area contributed by atoms with Crippen LogP contribution in [0.3, 0.4) is 0 Å². The number of hydrogen-bond acceptors (Lipinski definition) is 6. The van der Waals surface area contributed by atoms with Gasteiger partial charge < -0.3 is 21.1 Å². The Labute approximate surface area is 143 Å². The molecule has 4 N–H and O–H groups in total. The van der Waals surface area contributed by atoms with Crippen LogP contribution < -0.4 is 16.4 Å². The Morgan fingerprint density at radius 2 is 1.92 bits per heavy atom. The molecule has 0 unspecified atom stereocenters. The Morgan fingerprint density at radius 3 is 2.50 bits per heavy atom. The van der Waals surface area contributed by atoms with Crippen molar-refractivity contribution in [2.24, 2.45) is 0 Å². The van der Waals surface area contributed by atoms with Crippen LogP contribution in [-0.4, -0.2) is 39.5 Å². The molecule has 0 saturated carbocycles. The van der Waals surface area contributed by atoms with E-state index in [1.165, 1.54) is 6.26 Å². The van der Waals surface area contributed by atoms with Crippen molar-refractivity contribution in [2.45, 2.75) is 38.6 Å². The number of rotatable bonds is 7. The maximum absolute atomic E-state index is 11.5. The number of hydrogen-bond donors (Lipinski definition) is 3. The van der Waals surface area contributed by atoms with E-state index in [9.17, 15) is 13.2 Å². The van der Waals surface area contributed by atoms with Crippen molar-refractivity contribution >= 4 is 21.6 Å². The Morgan fingerprint density at radius 1 is 1.25 bits per heavy atom. The number of alkyl carbamates (subject to hydrolysis) is 1. The summed E-state index contributed by atoms with van der Waals surface area (Å²) in [6.07, 6.45) is 0.726. The molecule has 0 aliphatic carbocycles. The first-order chi connectivity index (χ1) is 11.0. The Kier molecular flexibility index (Phi) is 7.04. The zero-order chi connectivity index (χ0) is 18.4. The molecule has 0 spiro atoms. The van der Waals surface area contributed by atoms with Gasteiger partial charge in [0.05, 0.1) is 5.75 Å². The van der Waals surface area contributed by atoms with Crippen molar-refractivity contribution in [3.05, 3.63) is 29.3 Å². The molecule has 24 heavy (non-hydrogen) atoms. The van der Waals surface area contributed by atoms with E-state index in [0.29, 0.717) is 24.3 Å². The topological polar surface area (TPSA) is 111 Å². The molecule has 0 bridgehead atoms. The van der Waals surface area contributed by atoms with E-state index in [-0.39, 0.29) is 17.9 Å². The first-order valence-corrected chi connectivity index (χ1v) is 9.73. The number of benzene rings is 1. The van der Waals surface area contributed by atoms with Gasteiger partial charge in [-0.05, 0) is 44.0 Å². The predicted molar refractivity (Wildman–Crippen MR) is 95.3 cm³/mol. The van der Waals surface area contributed by atoms with Crippen LogP contribution >= 0.6 is 0 Å². The summed E-state index contributed by atoms with van der Waals surface area (Å²) >= 11 is 0. The molecule has 8 heteroatoms. The second kappa shape index (κ2) is 8.34. The summed E-state index contributed by atoms with van der Waals surface area (Å²) < 4.78 is 28.1.